The van der Waals surface area contributed by atoms with E-state index in [1.54, 1.807) is 48.5 Å². The molecule has 6 rings (SSSR count). The molecule has 1 aromatic heterocycles. The van der Waals surface area contributed by atoms with Gasteiger partial charge in [-0.05, 0) is 54.7 Å². The first-order valence-electron chi connectivity index (χ1n) is 18.7. The van der Waals surface area contributed by atoms with Crippen LogP contribution in [0.15, 0.2) is 72.8 Å². The molecule has 55 heavy (non-hydrogen) atoms. The van der Waals surface area contributed by atoms with Crippen molar-refractivity contribution in [3.8, 4) is 22.8 Å². The smallest absolute Gasteiger partial charge is 0.264 e. The second-order valence-electron chi connectivity index (χ2n) is 13.7. The second-order valence-corrected chi connectivity index (χ2v) is 13.7. The summed E-state index contributed by atoms with van der Waals surface area (Å²) in [5.74, 6) is -1.39. The summed E-state index contributed by atoms with van der Waals surface area (Å²) < 4.78 is 5.88. The Morgan fingerprint density at radius 2 is 1.60 bits per heavy atom. The number of benzene rings is 3. The van der Waals surface area contributed by atoms with Crippen LogP contribution in [0.25, 0.3) is 11.3 Å². The predicted octanol–water partition coefficient (Wildman–Crippen LogP) is 4.91. The number of carbonyl (C=O) groups excluding carboxylic acids is 5. The van der Waals surface area contributed by atoms with Crippen molar-refractivity contribution in [2.24, 2.45) is 0 Å². The number of phenols is 1. The van der Waals surface area contributed by atoms with E-state index in [1.165, 1.54) is 0 Å². The van der Waals surface area contributed by atoms with Gasteiger partial charge in [-0.1, -0.05) is 68.1 Å². The Balaban J connectivity index is 0.823. The first-order chi connectivity index (χ1) is 26.7. The number of nitrogen functional groups attached to an aromatic ring is 1. The van der Waals surface area contributed by atoms with Gasteiger partial charge in [0.1, 0.15) is 17.5 Å². The number of phenolic OH excluding ortho intramolecular Hbond substituents is 1. The van der Waals surface area contributed by atoms with Gasteiger partial charge in [0, 0.05) is 49.7 Å². The van der Waals surface area contributed by atoms with Gasteiger partial charge in [-0.15, -0.1) is 10.2 Å². The SMILES string of the molecule is Nc1nnc(-c2ccccc2O)cc1OCCc1ccc(CNC(=O)CCCCCCCCNc2cccc3c2C(=O)N(C2CCC(=O)NC2=O)C3=O)cc1. The molecule has 1 unspecified atom stereocenters. The van der Waals surface area contributed by atoms with Gasteiger partial charge in [-0.2, -0.15) is 0 Å². The fourth-order valence-electron chi connectivity index (χ4n) is 6.72. The minimum absolute atomic E-state index is 0.0213. The van der Waals surface area contributed by atoms with Crippen LogP contribution in [0.3, 0.4) is 0 Å². The van der Waals surface area contributed by atoms with Crippen molar-refractivity contribution in [1.82, 2.24) is 25.7 Å². The number of para-hydroxylation sites is 1. The van der Waals surface area contributed by atoms with Crippen molar-refractivity contribution >= 4 is 41.0 Å². The average molecular weight is 748 g/mol. The van der Waals surface area contributed by atoms with Crippen molar-refractivity contribution in [1.29, 1.82) is 0 Å². The molecule has 1 atom stereocenters. The van der Waals surface area contributed by atoms with E-state index < -0.39 is 29.7 Å². The van der Waals surface area contributed by atoms with Gasteiger partial charge < -0.3 is 26.2 Å². The number of aromatic nitrogens is 2. The molecule has 1 fully saturated rings. The number of carbonyl (C=O) groups is 5. The molecule has 5 amide bonds. The predicted molar refractivity (Wildman–Crippen MR) is 205 cm³/mol. The Kier molecular flexibility index (Phi) is 12.7. The van der Waals surface area contributed by atoms with Crippen LogP contribution in [-0.2, 0) is 27.3 Å². The molecule has 6 N–H and O–H groups in total. The van der Waals surface area contributed by atoms with E-state index in [9.17, 15) is 29.1 Å². The zero-order chi connectivity index (χ0) is 38.7. The summed E-state index contributed by atoms with van der Waals surface area (Å²) in [6.07, 6.45) is 6.93. The van der Waals surface area contributed by atoms with Gasteiger partial charge in [-0.25, -0.2) is 0 Å². The summed E-state index contributed by atoms with van der Waals surface area (Å²) in [5, 5.41) is 26.7. The number of amides is 5. The van der Waals surface area contributed by atoms with Crippen molar-refractivity contribution < 1.29 is 33.8 Å². The molecule has 4 aromatic rings. The highest BCUT2D eigenvalue weighted by Crippen LogP contribution is 2.33. The summed E-state index contributed by atoms with van der Waals surface area (Å²) >= 11 is 0. The highest BCUT2D eigenvalue weighted by Gasteiger charge is 2.45. The first-order valence-corrected chi connectivity index (χ1v) is 18.7. The standard InChI is InChI=1S/C41H45N7O7/c42-38-34(24-31(46-47-38)28-10-6-7-13-33(28)49)55-23-21-26-15-17-27(18-16-26)25-44-35(50)14-5-3-1-2-4-8-22-43-30-12-9-11-29-37(30)41(54)48(40(29)53)32-19-20-36(51)45-39(32)52/h6-7,9-13,15-18,24,32,43,49H,1-5,8,14,19-23,25H2,(H2,42,47)(H,44,50)(H,45,51,52). The molecule has 0 spiro atoms. The third kappa shape index (κ3) is 9.63. The largest absolute Gasteiger partial charge is 0.507 e. The van der Waals surface area contributed by atoms with Crippen LogP contribution in [0.2, 0.25) is 0 Å². The van der Waals surface area contributed by atoms with E-state index in [-0.39, 0.29) is 41.4 Å². The number of hydrogen-bond acceptors (Lipinski definition) is 11. The minimum Gasteiger partial charge on any atom is -0.507 e. The Hall–Kier alpha value is -6.31. The molecular weight excluding hydrogens is 702 g/mol. The van der Waals surface area contributed by atoms with E-state index in [2.05, 4.69) is 26.1 Å². The summed E-state index contributed by atoms with van der Waals surface area (Å²) in [7, 11) is 0. The number of imide groups is 2. The number of aromatic hydroxyl groups is 1. The normalized spacial score (nSPS) is 15.1. The molecule has 3 heterocycles. The van der Waals surface area contributed by atoms with E-state index in [4.69, 9.17) is 10.5 Å². The number of hydrogen-bond donors (Lipinski definition) is 5. The molecular formula is C41H45N7O7. The number of unbranched alkanes of at least 4 members (excludes halogenated alkanes) is 5. The van der Waals surface area contributed by atoms with Gasteiger partial charge in [0.2, 0.25) is 17.7 Å². The fourth-order valence-corrected chi connectivity index (χ4v) is 6.72. The van der Waals surface area contributed by atoms with Crippen molar-refractivity contribution in [3.05, 3.63) is 95.1 Å². The summed E-state index contributed by atoms with van der Waals surface area (Å²) in [4.78, 5) is 63.6. The number of ether oxygens (including phenoxy) is 1. The molecule has 14 nitrogen and oxygen atoms in total. The van der Waals surface area contributed by atoms with Crippen LogP contribution in [0.1, 0.15) is 89.6 Å². The highest BCUT2D eigenvalue weighted by molar-refractivity contribution is 6.25. The Bertz CT molecular complexity index is 2050. The van der Waals surface area contributed by atoms with Crippen molar-refractivity contribution in [2.75, 3.05) is 24.2 Å². The van der Waals surface area contributed by atoms with Gasteiger partial charge in [0.05, 0.1) is 17.7 Å². The maximum Gasteiger partial charge on any atom is 0.264 e. The lowest BCUT2D eigenvalue weighted by atomic mass is 10.0. The number of rotatable bonds is 18. The van der Waals surface area contributed by atoms with Gasteiger partial charge in [-0.3, -0.25) is 34.2 Å². The number of piperidine rings is 1. The van der Waals surface area contributed by atoms with Crippen LogP contribution in [0.5, 0.6) is 11.5 Å². The lowest BCUT2D eigenvalue weighted by Gasteiger charge is -2.27. The van der Waals surface area contributed by atoms with Crippen LogP contribution in [0.4, 0.5) is 11.5 Å². The Morgan fingerprint density at radius 1 is 0.873 bits per heavy atom. The van der Waals surface area contributed by atoms with Gasteiger partial charge in [0.25, 0.3) is 11.8 Å². The van der Waals surface area contributed by atoms with Crippen molar-refractivity contribution in [3.63, 3.8) is 0 Å². The zero-order valence-corrected chi connectivity index (χ0v) is 30.5. The molecule has 1 saturated heterocycles. The summed E-state index contributed by atoms with van der Waals surface area (Å²) in [6, 6.07) is 20.6. The molecule has 14 heteroatoms. The van der Waals surface area contributed by atoms with E-state index >= 15 is 0 Å². The Morgan fingerprint density at radius 3 is 2.38 bits per heavy atom. The number of nitrogens with zero attached hydrogens (tertiary/aromatic N) is 3. The maximum atomic E-state index is 13.2. The minimum atomic E-state index is -0.993. The number of nitrogens with one attached hydrogen (secondary N) is 3. The van der Waals surface area contributed by atoms with E-state index in [1.807, 2.05) is 24.3 Å². The van der Waals surface area contributed by atoms with Gasteiger partial charge in [0.15, 0.2) is 11.6 Å². The molecule has 0 aliphatic carbocycles. The summed E-state index contributed by atoms with van der Waals surface area (Å²) in [5.41, 5.74) is 10.1. The number of nitrogens with two attached hydrogens (primary N) is 1. The molecule has 0 bridgehead atoms. The maximum absolute atomic E-state index is 13.2. The summed E-state index contributed by atoms with van der Waals surface area (Å²) in [6.45, 7) is 1.45. The topological polar surface area (TPSA) is 206 Å². The highest BCUT2D eigenvalue weighted by atomic mass is 16.5. The lowest BCUT2D eigenvalue weighted by molar-refractivity contribution is -0.136. The van der Waals surface area contributed by atoms with Crippen LogP contribution in [0, 0.1) is 0 Å². The number of fused-ring (bicyclic) bond motifs is 1. The van der Waals surface area contributed by atoms with E-state index in [0.717, 1.165) is 54.6 Å². The molecule has 2 aliphatic heterocycles. The molecule has 2 aliphatic rings. The quantitative estimate of drug-likeness (QED) is 0.0683. The fraction of sp³-hybridized carbons (Fsp3) is 0.341. The monoisotopic (exact) mass is 747 g/mol. The zero-order valence-electron chi connectivity index (χ0n) is 30.5. The third-order valence-corrected chi connectivity index (χ3v) is 9.74. The van der Waals surface area contributed by atoms with E-state index in [0.29, 0.717) is 55.2 Å². The van der Waals surface area contributed by atoms with Gasteiger partial charge >= 0.3 is 0 Å². The van der Waals surface area contributed by atoms with Crippen LogP contribution >= 0.6 is 0 Å². The second kappa shape index (κ2) is 18.1. The van der Waals surface area contributed by atoms with Crippen LogP contribution in [-0.4, -0.2) is 68.9 Å². The first kappa shape index (κ1) is 38.4. The Labute approximate surface area is 318 Å². The molecule has 0 saturated carbocycles. The molecule has 286 valence electrons. The molecule has 0 radical (unpaired) electrons. The van der Waals surface area contributed by atoms with Crippen LogP contribution < -0.4 is 26.4 Å². The lowest BCUT2D eigenvalue weighted by Crippen LogP contribution is -2.54. The third-order valence-electron chi connectivity index (χ3n) is 9.74. The van der Waals surface area contributed by atoms with Crippen molar-refractivity contribution in [2.45, 2.75) is 76.8 Å². The number of anilines is 2. The average Bonchev–Trinajstić information content (AvgIpc) is 3.43. The molecule has 3 aromatic carbocycles.